The van der Waals surface area contributed by atoms with E-state index in [4.69, 9.17) is 36.1 Å². The van der Waals surface area contributed by atoms with Gasteiger partial charge >= 0.3 is 18.3 Å². The second-order valence-electron chi connectivity index (χ2n) is 9.47. The Morgan fingerprint density at radius 2 is 1.88 bits per heavy atom. The molecular weight excluding hydrogens is 578 g/mol. The summed E-state index contributed by atoms with van der Waals surface area (Å²) in [4.78, 5) is 28.3. The van der Waals surface area contributed by atoms with Crippen LogP contribution < -0.4 is 21.0 Å². The number of benzene rings is 2. The minimum Gasteiger partial charge on any atom is -0.462 e. The largest absolute Gasteiger partial charge is 0.462 e. The second-order valence-corrected chi connectivity index (χ2v) is 12.6. The Hall–Kier alpha value is -2.97. The number of anilines is 1. The van der Waals surface area contributed by atoms with Crippen molar-refractivity contribution in [2.75, 3.05) is 18.9 Å². The summed E-state index contributed by atoms with van der Waals surface area (Å²) < 4.78 is 39.3. The van der Waals surface area contributed by atoms with E-state index in [2.05, 4.69) is 10.1 Å². The Morgan fingerprint density at radius 1 is 1.20 bits per heavy atom. The fourth-order valence-corrected chi connectivity index (χ4v) is 5.94. The van der Waals surface area contributed by atoms with Gasteiger partial charge in [-0.05, 0) is 68.5 Å². The number of nitrogens with one attached hydrogen (secondary N) is 1. The predicted molar refractivity (Wildman–Crippen MR) is 154 cm³/mol. The molecule has 1 heterocycles. The number of alkyl halides is 1. The normalized spacial score (nSPS) is 16.9. The minimum absolute atomic E-state index is 0.0870. The van der Waals surface area contributed by atoms with E-state index in [1.807, 2.05) is 24.3 Å². The van der Waals surface area contributed by atoms with Crippen LogP contribution in [0.3, 0.4) is 0 Å². The molecule has 0 fully saturated rings. The van der Waals surface area contributed by atoms with Crippen molar-refractivity contribution < 1.29 is 37.9 Å². The van der Waals surface area contributed by atoms with Crippen LogP contribution >= 0.6 is 6.64 Å². The molecule has 0 aliphatic heterocycles. The molecule has 12 nitrogen and oxygen atoms in total. The van der Waals surface area contributed by atoms with Gasteiger partial charge in [0.15, 0.2) is 6.23 Å². The third-order valence-corrected chi connectivity index (χ3v) is 8.19. The SMILES string of the molecule is CC(C)OC(=O)[C@H](C)NP(=S)(OC[C@@](F)(O[C@H](CO)n1ccc(N)nc1=O)[C@H](C)O)Oc1ccc2ccccc2c1. The highest BCUT2D eigenvalue weighted by atomic mass is 32.5. The number of hydrogen-bond acceptors (Lipinski definition) is 11. The molecule has 0 saturated carbocycles. The van der Waals surface area contributed by atoms with Crippen LogP contribution in [0.5, 0.6) is 5.75 Å². The van der Waals surface area contributed by atoms with Crippen molar-refractivity contribution in [3.05, 3.63) is 65.2 Å². The summed E-state index contributed by atoms with van der Waals surface area (Å²) in [6, 6.07) is 12.9. The van der Waals surface area contributed by atoms with Crippen molar-refractivity contribution in [3.63, 3.8) is 0 Å². The lowest BCUT2D eigenvalue weighted by molar-refractivity contribution is -0.263. The molecule has 0 saturated heterocycles. The highest BCUT2D eigenvalue weighted by molar-refractivity contribution is 8.09. The number of nitrogen functional groups attached to an aromatic ring is 1. The van der Waals surface area contributed by atoms with Crippen molar-refractivity contribution in [2.45, 2.75) is 58.0 Å². The van der Waals surface area contributed by atoms with Gasteiger partial charge in [-0.25, -0.2) is 14.3 Å². The number of nitrogens with zero attached hydrogens (tertiary/aromatic N) is 2. The van der Waals surface area contributed by atoms with Gasteiger partial charge < -0.3 is 34.5 Å². The number of aliphatic hydroxyl groups excluding tert-OH is 2. The highest BCUT2D eigenvalue weighted by Gasteiger charge is 2.43. The minimum atomic E-state index is -3.76. The Morgan fingerprint density at radius 3 is 2.49 bits per heavy atom. The van der Waals surface area contributed by atoms with E-state index in [1.165, 1.54) is 13.0 Å². The molecule has 15 heteroatoms. The number of rotatable bonds is 14. The van der Waals surface area contributed by atoms with E-state index in [0.717, 1.165) is 28.5 Å². The van der Waals surface area contributed by atoms with Gasteiger partial charge in [0.2, 0.25) is 0 Å². The Kier molecular flexibility index (Phi) is 11.0. The van der Waals surface area contributed by atoms with Gasteiger partial charge in [-0.1, -0.05) is 30.3 Å². The van der Waals surface area contributed by atoms with Crippen molar-refractivity contribution >= 4 is 41.0 Å². The number of carbonyl (C=O) groups excluding carboxylic acids is 1. The quantitative estimate of drug-likeness (QED) is 0.156. The maximum Gasteiger partial charge on any atom is 0.351 e. The van der Waals surface area contributed by atoms with Crippen LogP contribution in [-0.2, 0) is 30.6 Å². The summed E-state index contributed by atoms with van der Waals surface area (Å²) in [5.41, 5.74) is 4.58. The zero-order chi connectivity index (χ0) is 30.4. The number of nitrogens with two attached hydrogens (primary N) is 1. The lowest BCUT2D eigenvalue weighted by Crippen LogP contribution is -2.47. The third-order valence-electron chi connectivity index (χ3n) is 5.71. The third kappa shape index (κ3) is 8.76. The number of esters is 1. The zero-order valence-corrected chi connectivity index (χ0v) is 24.7. The molecule has 0 amide bonds. The second kappa shape index (κ2) is 13.8. The van der Waals surface area contributed by atoms with Gasteiger partial charge in [0.05, 0.1) is 12.7 Å². The Labute approximate surface area is 241 Å². The lowest BCUT2D eigenvalue weighted by Gasteiger charge is -2.34. The maximum absolute atomic E-state index is 16.1. The molecule has 0 bridgehead atoms. The van der Waals surface area contributed by atoms with Crippen LogP contribution in [0, 0.1) is 0 Å². The molecule has 3 rings (SSSR count). The van der Waals surface area contributed by atoms with Crippen LogP contribution in [0.25, 0.3) is 10.8 Å². The number of ether oxygens (including phenoxy) is 2. The number of aliphatic hydroxyl groups is 2. The fourth-order valence-electron chi connectivity index (χ4n) is 3.56. The molecular formula is C26H34FN4O8PS. The molecule has 2 aromatic carbocycles. The average molecular weight is 613 g/mol. The van der Waals surface area contributed by atoms with E-state index in [0.29, 0.717) is 0 Å². The lowest BCUT2D eigenvalue weighted by atomic mass is 10.1. The highest BCUT2D eigenvalue weighted by Crippen LogP contribution is 2.47. The van der Waals surface area contributed by atoms with E-state index in [-0.39, 0.29) is 11.6 Å². The first-order valence-corrected chi connectivity index (χ1v) is 15.3. The summed E-state index contributed by atoms with van der Waals surface area (Å²) in [7, 11) is 0. The van der Waals surface area contributed by atoms with Gasteiger partial charge in [0.1, 0.15) is 30.3 Å². The van der Waals surface area contributed by atoms with Crippen LogP contribution in [0.4, 0.5) is 10.2 Å². The maximum atomic E-state index is 16.1. The zero-order valence-electron chi connectivity index (χ0n) is 23.0. The van der Waals surface area contributed by atoms with Gasteiger partial charge in [-0.3, -0.25) is 9.36 Å². The first-order valence-electron chi connectivity index (χ1n) is 12.7. The Balaban J connectivity index is 1.89. The Bertz CT molecular complexity index is 1460. The van der Waals surface area contributed by atoms with E-state index < -0.39 is 61.8 Å². The smallest absolute Gasteiger partial charge is 0.351 e. The van der Waals surface area contributed by atoms with Gasteiger partial charge in [-0.15, -0.1) is 0 Å². The molecule has 1 aromatic heterocycles. The molecule has 0 spiro atoms. The summed E-state index contributed by atoms with van der Waals surface area (Å²) in [6.45, 7) is 0.302. The first kappa shape index (κ1) is 32.5. The van der Waals surface area contributed by atoms with Gasteiger partial charge in [0, 0.05) is 6.20 Å². The van der Waals surface area contributed by atoms with Crippen LogP contribution in [0.1, 0.15) is 33.9 Å². The van der Waals surface area contributed by atoms with E-state index in [1.54, 1.807) is 32.0 Å². The van der Waals surface area contributed by atoms with Crippen LogP contribution in [-0.4, -0.2) is 63.1 Å². The number of aromatic nitrogens is 2. The number of hydrogen-bond donors (Lipinski definition) is 4. The topological polar surface area (TPSA) is 167 Å². The van der Waals surface area contributed by atoms with E-state index >= 15 is 4.39 Å². The molecule has 3 aromatic rings. The summed E-state index contributed by atoms with van der Waals surface area (Å²) in [5.74, 6) is -3.46. The summed E-state index contributed by atoms with van der Waals surface area (Å²) in [5, 5.41) is 24.7. The predicted octanol–water partition coefficient (Wildman–Crippen LogP) is 2.78. The monoisotopic (exact) mass is 612 g/mol. The first-order chi connectivity index (χ1) is 19.2. The number of fused-ring (bicyclic) bond motifs is 1. The average Bonchev–Trinajstić information content (AvgIpc) is 2.90. The van der Waals surface area contributed by atoms with Crippen molar-refractivity contribution in [1.82, 2.24) is 14.6 Å². The fraction of sp³-hybridized carbons (Fsp3) is 0.423. The molecule has 5 N–H and O–H groups in total. The standard InChI is InChI=1S/C26H34FN4O8PS/c1-16(2)37-24(34)17(3)30-40(41,39-21-10-9-19-7-5-6-8-20(19)13-21)36-15-26(27,18(4)33)38-23(14-32)31-12-11-22(28)29-25(31)35/h5-13,16-18,23,32-33H,14-15H2,1-4H3,(H,30,41)(H2,28,29,35)/t17-,18-,23+,26+,40?/m0/s1. The van der Waals surface area contributed by atoms with Crippen molar-refractivity contribution in [2.24, 2.45) is 0 Å². The van der Waals surface area contributed by atoms with Crippen molar-refractivity contribution in [1.29, 1.82) is 0 Å². The molecule has 224 valence electrons. The molecule has 0 aliphatic rings. The van der Waals surface area contributed by atoms with Crippen LogP contribution in [0.15, 0.2) is 59.5 Å². The molecule has 1 unspecified atom stereocenters. The number of halogens is 1. The van der Waals surface area contributed by atoms with Gasteiger partial charge in [-0.2, -0.15) is 4.98 Å². The van der Waals surface area contributed by atoms with Crippen molar-refractivity contribution in [3.8, 4) is 5.75 Å². The molecule has 0 aliphatic carbocycles. The van der Waals surface area contributed by atoms with Crippen LogP contribution in [0.2, 0.25) is 0 Å². The van der Waals surface area contributed by atoms with E-state index in [9.17, 15) is 19.8 Å². The summed E-state index contributed by atoms with van der Waals surface area (Å²) >= 11 is 5.66. The summed E-state index contributed by atoms with van der Waals surface area (Å²) in [6.07, 6.45) is -2.69. The number of carbonyl (C=O) groups is 1. The van der Waals surface area contributed by atoms with Gasteiger partial charge in [0.25, 0.3) is 5.85 Å². The molecule has 41 heavy (non-hydrogen) atoms. The molecule has 5 atom stereocenters. The molecule has 0 radical (unpaired) electrons.